The first-order valence-electron chi connectivity index (χ1n) is 7.23. The largest absolute Gasteiger partial charge is 0.361 e. The molecule has 0 aliphatic rings. The highest BCUT2D eigenvalue weighted by Gasteiger charge is 2.20. The van der Waals surface area contributed by atoms with Gasteiger partial charge < -0.3 is 9.84 Å². The Morgan fingerprint density at radius 1 is 1.04 bits per heavy atom. The second-order valence-electron chi connectivity index (χ2n) is 5.11. The smallest absolute Gasteiger partial charge is 0.179 e. The molecule has 0 bridgehead atoms. The van der Waals surface area contributed by atoms with Crippen LogP contribution >= 0.6 is 46.4 Å². The summed E-state index contributed by atoms with van der Waals surface area (Å²) in [4.78, 5) is 0. The van der Waals surface area contributed by atoms with E-state index in [-0.39, 0.29) is 17.0 Å². The lowest BCUT2D eigenvalue weighted by molar-refractivity contribution is 0.415. The molecular weight excluding hydrogens is 416 g/mol. The van der Waals surface area contributed by atoms with E-state index in [1.54, 1.807) is 48.7 Å². The Bertz CT molecular complexity index is 997. The molecule has 0 aliphatic heterocycles. The average Bonchev–Trinajstić information content (AvgIpc) is 2.96. The van der Waals surface area contributed by atoms with Crippen LogP contribution in [0.4, 0.5) is 5.69 Å². The van der Waals surface area contributed by atoms with Crippen molar-refractivity contribution in [2.75, 3.05) is 5.32 Å². The maximum Gasteiger partial charge on any atom is 0.179 e. The van der Waals surface area contributed by atoms with Crippen LogP contribution in [0, 0.1) is 11.3 Å². The summed E-state index contributed by atoms with van der Waals surface area (Å²) in [5.41, 5.74) is 1.65. The molecule has 0 aliphatic carbocycles. The van der Waals surface area contributed by atoms with Gasteiger partial charge in [-0.2, -0.15) is 5.26 Å². The maximum absolute atomic E-state index is 9.50. The lowest BCUT2D eigenvalue weighted by Crippen LogP contribution is -1.88. The monoisotopic (exact) mass is 423 g/mol. The third-order valence-electron chi connectivity index (χ3n) is 3.38. The number of halogens is 4. The van der Waals surface area contributed by atoms with Gasteiger partial charge in [0.25, 0.3) is 0 Å². The van der Waals surface area contributed by atoms with Crippen molar-refractivity contribution in [3.63, 3.8) is 0 Å². The SMILES string of the molecule is N#Cc1c(-c2c(Cl)cccc2Cl)noc1/C=C/Nc1cc(Cl)cc(Cl)c1. The van der Waals surface area contributed by atoms with Gasteiger partial charge in [0.2, 0.25) is 0 Å². The van der Waals surface area contributed by atoms with Crippen LogP contribution < -0.4 is 5.32 Å². The summed E-state index contributed by atoms with van der Waals surface area (Å²) in [7, 11) is 0. The van der Waals surface area contributed by atoms with Gasteiger partial charge in [-0.1, -0.05) is 57.6 Å². The molecule has 0 unspecified atom stereocenters. The van der Waals surface area contributed by atoms with Crippen LogP contribution in [-0.4, -0.2) is 5.16 Å². The molecule has 2 aromatic carbocycles. The average molecular weight is 425 g/mol. The zero-order valence-electron chi connectivity index (χ0n) is 12.9. The zero-order chi connectivity index (χ0) is 18.7. The molecule has 3 aromatic rings. The van der Waals surface area contributed by atoms with Crippen molar-refractivity contribution < 1.29 is 4.52 Å². The Balaban J connectivity index is 1.90. The van der Waals surface area contributed by atoms with E-state index in [0.717, 1.165) is 0 Å². The molecule has 0 radical (unpaired) electrons. The fraction of sp³-hybridized carbons (Fsp3) is 0. The van der Waals surface area contributed by atoms with Crippen LogP contribution in [0.2, 0.25) is 20.1 Å². The molecule has 0 fully saturated rings. The third kappa shape index (κ3) is 3.98. The Labute approximate surface area is 169 Å². The van der Waals surface area contributed by atoms with Crippen molar-refractivity contribution in [2.24, 2.45) is 0 Å². The summed E-state index contributed by atoms with van der Waals surface area (Å²) in [6, 6.07) is 12.1. The first kappa shape index (κ1) is 18.6. The topological polar surface area (TPSA) is 61.9 Å². The van der Waals surface area contributed by atoms with Crippen molar-refractivity contribution in [3.05, 3.63) is 74.0 Å². The Morgan fingerprint density at radius 2 is 1.69 bits per heavy atom. The first-order valence-corrected chi connectivity index (χ1v) is 8.74. The van der Waals surface area contributed by atoms with Crippen molar-refractivity contribution in [1.82, 2.24) is 5.16 Å². The summed E-state index contributed by atoms with van der Waals surface area (Å²) in [5, 5.41) is 18.2. The zero-order valence-corrected chi connectivity index (χ0v) is 16.0. The molecule has 8 heteroatoms. The van der Waals surface area contributed by atoms with Gasteiger partial charge >= 0.3 is 0 Å². The predicted molar refractivity (Wildman–Crippen MR) is 106 cm³/mol. The number of nitrogens with zero attached hydrogens (tertiary/aromatic N) is 2. The molecule has 0 saturated carbocycles. The molecule has 1 aromatic heterocycles. The quantitative estimate of drug-likeness (QED) is 0.494. The predicted octanol–water partition coefficient (Wildman–Crippen LogP) is 6.91. The van der Waals surface area contributed by atoms with Crippen molar-refractivity contribution >= 4 is 58.2 Å². The molecule has 1 heterocycles. The van der Waals surface area contributed by atoms with Gasteiger partial charge in [-0.25, -0.2) is 0 Å². The molecule has 3 rings (SSSR count). The fourth-order valence-corrected chi connectivity index (χ4v) is 3.37. The normalized spacial score (nSPS) is 10.9. The van der Waals surface area contributed by atoms with Crippen molar-refractivity contribution in [3.8, 4) is 17.3 Å². The molecule has 4 nitrogen and oxygen atoms in total. The summed E-state index contributed by atoms with van der Waals surface area (Å²) in [5.74, 6) is 0.263. The molecule has 1 N–H and O–H groups in total. The van der Waals surface area contributed by atoms with E-state index in [0.29, 0.717) is 31.3 Å². The van der Waals surface area contributed by atoms with Crippen LogP contribution in [-0.2, 0) is 0 Å². The molecule has 26 heavy (non-hydrogen) atoms. The van der Waals surface area contributed by atoms with E-state index in [4.69, 9.17) is 50.9 Å². The number of anilines is 1. The number of nitriles is 1. The lowest BCUT2D eigenvalue weighted by atomic mass is 10.1. The van der Waals surface area contributed by atoms with Gasteiger partial charge in [0, 0.05) is 33.6 Å². The van der Waals surface area contributed by atoms with Crippen LogP contribution in [0.3, 0.4) is 0 Å². The van der Waals surface area contributed by atoms with Crippen LogP contribution in [0.1, 0.15) is 11.3 Å². The molecule has 0 atom stereocenters. The molecule has 0 amide bonds. The van der Waals surface area contributed by atoms with Crippen molar-refractivity contribution in [1.29, 1.82) is 5.26 Å². The van der Waals surface area contributed by atoms with E-state index in [1.165, 1.54) is 0 Å². The van der Waals surface area contributed by atoms with Crippen LogP contribution in [0.15, 0.2) is 47.1 Å². The van der Waals surface area contributed by atoms with Gasteiger partial charge in [0.1, 0.15) is 17.3 Å². The minimum Gasteiger partial charge on any atom is -0.361 e. The van der Waals surface area contributed by atoms with Crippen molar-refractivity contribution in [2.45, 2.75) is 0 Å². The third-order valence-corrected chi connectivity index (χ3v) is 4.44. The molecule has 130 valence electrons. The second kappa shape index (κ2) is 8.03. The fourth-order valence-electron chi connectivity index (χ4n) is 2.27. The van der Waals surface area contributed by atoms with E-state index < -0.39 is 0 Å². The number of nitrogens with one attached hydrogen (secondary N) is 1. The minimum absolute atomic E-state index is 0.224. The van der Waals surface area contributed by atoms with Gasteiger partial charge in [-0.05, 0) is 30.3 Å². The van der Waals surface area contributed by atoms with Gasteiger partial charge in [0.05, 0.1) is 10.0 Å². The number of aromatic nitrogens is 1. The maximum atomic E-state index is 9.50. The highest BCUT2D eigenvalue weighted by atomic mass is 35.5. The summed E-state index contributed by atoms with van der Waals surface area (Å²) >= 11 is 24.3. The Morgan fingerprint density at radius 3 is 2.31 bits per heavy atom. The lowest BCUT2D eigenvalue weighted by Gasteiger charge is -2.03. The summed E-state index contributed by atoms with van der Waals surface area (Å²) in [6.07, 6.45) is 3.15. The van der Waals surface area contributed by atoms with Gasteiger partial charge in [0.15, 0.2) is 5.76 Å². The van der Waals surface area contributed by atoms with Crippen LogP contribution in [0.5, 0.6) is 0 Å². The van der Waals surface area contributed by atoms with E-state index >= 15 is 0 Å². The standard InChI is InChI=1S/C18H9Cl4N3O/c19-10-6-11(20)8-12(7-10)24-5-4-16-13(9-23)18(25-26-16)17-14(21)2-1-3-15(17)22/h1-8,24H/b5-4+. The van der Waals surface area contributed by atoms with E-state index in [2.05, 4.69) is 16.5 Å². The Hall–Kier alpha value is -2.16. The number of rotatable bonds is 4. The molecular formula is C18H9Cl4N3O. The van der Waals surface area contributed by atoms with Gasteiger partial charge in [-0.15, -0.1) is 0 Å². The van der Waals surface area contributed by atoms with Crippen LogP contribution in [0.25, 0.3) is 17.3 Å². The molecule has 0 spiro atoms. The highest BCUT2D eigenvalue weighted by molar-refractivity contribution is 6.39. The first-order chi connectivity index (χ1) is 12.5. The second-order valence-corrected chi connectivity index (χ2v) is 6.80. The number of hydrogen-bond donors (Lipinski definition) is 1. The number of benzene rings is 2. The Kier molecular flexibility index (Phi) is 5.75. The molecule has 0 saturated heterocycles. The minimum atomic E-state index is 0.224. The summed E-state index contributed by atoms with van der Waals surface area (Å²) in [6.45, 7) is 0. The van der Waals surface area contributed by atoms with E-state index in [9.17, 15) is 5.26 Å². The van der Waals surface area contributed by atoms with Gasteiger partial charge in [-0.3, -0.25) is 0 Å². The van der Waals surface area contributed by atoms with E-state index in [1.807, 2.05) is 0 Å². The highest BCUT2D eigenvalue weighted by Crippen LogP contribution is 2.36. The number of hydrogen-bond acceptors (Lipinski definition) is 4. The summed E-state index contributed by atoms with van der Waals surface area (Å²) < 4.78 is 5.27.